The molecule has 0 saturated heterocycles. The Bertz CT molecular complexity index is 1540. The number of aromatic nitrogens is 1. The number of rotatable bonds is 9. The van der Waals surface area contributed by atoms with Gasteiger partial charge < -0.3 is 4.52 Å². The standard InChI is InChI=1S/C29H33ClN4O4S/c1-4-5-12-26-31-29(15-8-9-16-29)28(35)34(26)18-21-13-14-22(24(30)17-21)23-10-6-7-11-25(23)39(36,37)33-27-19(2)20(3)32-38-27/h6-7,10-11,13-14,17,33H,4-5,8-9,12,15-16,18H2,1-3H3. The maximum atomic E-state index is 13.5. The van der Waals surface area contributed by atoms with Gasteiger partial charge in [-0.2, -0.15) is 0 Å². The number of hydrogen-bond acceptors (Lipinski definition) is 6. The Balaban J connectivity index is 1.42. The Morgan fingerprint density at radius 2 is 1.85 bits per heavy atom. The van der Waals surface area contributed by atoms with Gasteiger partial charge in [0.2, 0.25) is 5.88 Å². The van der Waals surface area contributed by atoms with E-state index in [2.05, 4.69) is 16.8 Å². The zero-order chi connectivity index (χ0) is 27.8. The maximum Gasteiger partial charge on any atom is 0.264 e. The van der Waals surface area contributed by atoms with Crippen molar-refractivity contribution in [1.29, 1.82) is 0 Å². The molecule has 1 aliphatic heterocycles. The van der Waals surface area contributed by atoms with Crippen molar-refractivity contribution in [2.75, 3.05) is 4.72 Å². The number of amides is 1. The van der Waals surface area contributed by atoms with Crippen LogP contribution >= 0.6 is 11.6 Å². The van der Waals surface area contributed by atoms with Crippen LogP contribution in [0.25, 0.3) is 11.1 Å². The summed E-state index contributed by atoms with van der Waals surface area (Å²) in [6, 6.07) is 12.2. The third-order valence-corrected chi connectivity index (χ3v) is 9.41. The molecule has 8 nitrogen and oxygen atoms in total. The van der Waals surface area contributed by atoms with Gasteiger partial charge in [0.05, 0.1) is 17.1 Å². The first-order valence-corrected chi connectivity index (χ1v) is 15.3. The normalized spacial score (nSPS) is 16.8. The van der Waals surface area contributed by atoms with E-state index in [1.165, 1.54) is 6.07 Å². The Morgan fingerprint density at radius 1 is 1.10 bits per heavy atom. The SMILES string of the molecule is CCCCC1=NC2(CCCC2)C(=O)N1Cc1ccc(-c2ccccc2S(=O)(=O)Nc2onc(C)c2C)c(Cl)c1. The summed E-state index contributed by atoms with van der Waals surface area (Å²) in [4.78, 5) is 20.4. The number of aryl methyl sites for hydroxylation is 1. The van der Waals surface area contributed by atoms with Gasteiger partial charge in [0, 0.05) is 28.1 Å². The molecule has 2 aliphatic rings. The second kappa shape index (κ2) is 10.8. The maximum absolute atomic E-state index is 13.5. The molecule has 1 aliphatic carbocycles. The molecule has 0 bridgehead atoms. The Labute approximate surface area is 234 Å². The Hall–Kier alpha value is -3.17. The molecule has 0 radical (unpaired) electrons. The monoisotopic (exact) mass is 568 g/mol. The fourth-order valence-electron chi connectivity index (χ4n) is 5.37. The number of halogens is 1. The van der Waals surface area contributed by atoms with Crippen LogP contribution in [0.5, 0.6) is 0 Å². The molecule has 2 aromatic carbocycles. The van der Waals surface area contributed by atoms with Crippen LogP contribution in [0.1, 0.15) is 68.7 Å². The highest BCUT2D eigenvalue weighted by atomic mass is 35.5. The number of carbonyl (C=O) groups excluding carboxylic acids is 1. The fourth-order valence-corrected chi connectivity index (χ4v) is 6.94. The van der Waals surface area contributed by atoms with Gasteiger partial charge in [0.25, 0.3) is 15.9 Å². The molecule has 206 valence electrons. The first kappa shape index (κ1) is 27.4. The number of hydrogen-bond donors (Lipinski definition) is 1. The van der Waals surface area contributed by atoms with E-state index in [0.717, 1.165) is 56.3 Å². The number of aliphatic imine (C=N–C) groups is 1. The molecule has 39 heavy (non-hydrogen) atoms. The molecule has 0 unspecified atom stereocenters. The van der Waals surface area contributed by atoms with Crippen molar-refractivity contribution in [3.05, 3.63) is 64.3 Å². The lowest BCUT2D eigenvalue weighted by molar-refractivity contribution is -0.131. The quantitative estimate of drug-likeness (QED) is 0.311. The molecule has 1 spiro atoms. The number of carbonyl (C=O) groups is 1. The minimum absolute atomic E-state index is 0.0694. The summed E-state index contributed by atoms with van der Waals surface area (Å²) < 4.78 is 34.4. The number of amidine groups is 1. The van der Waals surface area contributed by atoms with E-state index in [-0.39, 0.29) is 16.7 Å². The van der Waals surface area contributed by atoms with E-state index in [4.69, 9.17) is 21.1 Å². The van der Waals surface area contributed by atoms with E-state index in [1.54, 1.807) is 32.0 Å². The number of unbranched alkanes of at least 4 members (excludes halogenated alkanes) is 1. The third kappa shape index (κ3) is 5.22. The van der Waals surface area contributed by atoms with Gasteiger partial charge in [-0.25, -0.2) is 13.1 Å². The zero-order valence-electron chi connectivity index (χ0n) is 22.5. The minimum atomic E-state index is -3.99. The first-order chi connectivity index (χ1) is 18.6. The average Bonchev–Trinajstić information content (AvgIpc) is 3.59. The smallest absolute Gasteiger partial charge is 0.264 e. The number of anilines is 1. The number of benzene rings is 2. The highest BCUT2D eigenvalue weighted by molar-refractivity contribution is 7.92. The van der Waals surface area contributed by atoms with Crippen LogP contribution in [-0.2, 0) is 21.4 Å². The first-order valence-electron chi connectivity index (χ1n) is 13.4. The lowest BCUT2D eigenvalue weighted by Gasteiger charge is -2.23. The molecule has 2 heterocycles. The van der Waals surface area contributed by atoms with E-state index >= 15 is 0 Å². The van der Waals surface area contributed by atoms with E-state index in [9.17, 15) is 13.2 Å². The molecule has 5 rings (SSSR count). The van der Waals surface area contributed by atoms with E-state index < -0.39 is 15.6 Å². The fraction of sp³-hybridized carbons (Fsp3) is 0.414. The van der Waals surface area contributed by atoms with Crippen molar-refractivity contribution in [3.8, 4) is 11.1 Å². The van der Waals surface area contributed by atoms with Crippen molar-refractivity contribution in [1.82, 2.24) is 10.1 Å². The molecular weight excluding hydrogens is 536 g/mol. The van der Waals surface area contributed by atoms with Crippen molar-refractivity contribution in [3.63, 3.8) is 0 Å². The van der Waals surface area contributed by atoms with Crippen molar-refractivity contribution in [2.24, 2.45) is 4.99 Å². The highest BCUT2D eigenvalue weighted by Gasteiger charge is 2.49. The minimum Gasteiger partial charge on any atom is -0.337 e. The largest absolute Gasteiger partial charge is 0.337 e. The lowest BCUT2D eigenvalue weighted by Crippen LogP contribution is -2.40. The number of nitrogens with one attached hydrogen (secondary N) is 1. The highest BCUT2D eigenvalue weighted by Crippen LogP contribution is 2.41. The van der Waals surface area contributed by atoms with Crippen LogP contribution in [0.3, 0.4) is 0 Å². The van der Waals surface area contributed by atoms with Crippen molar-refractivity contribution >= 4 is 39.3 Å². The van der Waals surface area contributed by atoms with E-state index in [0.29, 0.717) is 34.0 Å². The van der Waals surface area contributed by atoms with Gasteiger partial charge in [-0.1, -0.05) is 73.3 Å². The molecule has 1 aromatic heterocycles. The van der Waals surface area contributed by atoms with Gasteiger partial charge in [-0.05, 0) is 50.8 Å². The van der Waals surface area contributed by atoms with E-state index in [1.807, 2.05) is 23.1 Å². The van der Waals surface area contributed by atoms with Gasteiger partial charge in [-0.15, -0.1) is 0 Å². The molecule has 10 heteroatoms. The van der Waals surface area contributed by atoms with Gasteiger partial charge in [0.15, 0.2) is 0 Å². The second-order valence-corrected chi connectivity index (χ2v) is 12.5. The van der Waals surface area contributed by atoms with Crippen LogP contribution in [0.2, 0.25) is 5.02 Å². The van der Waals surface area contributed by atoms with Crippen LogP contribution in [0.15, 0.2) is 56.9 Å². The van der Waals surface area contributed by atoms with Crippen LogP contribution in [0, 0.1) is 13.8 Å². The molecule has 3 aromatic rings. The topological polar surface area (TPSA) is 105 Å². The van der Waals surface area contributed by atoms with Crippen molar-refractivity contribution in [2.45, 2.75) is 82.7 Å². The second-order valence-electron chi connectivity index (χ2n) is 10.4. The third-order valence-electron chi connectivity index (χ3n) is 7.71. The molecule has 1 amide bonds. The predicted molar refractivity (Wildman–Crippen MR) is 152 cm³/mol. The molecular formula is C29H33ClN4O4S. The van der Waals surface area contributed by atoms with Crippen molar-refractivity contribution < 1.29 is 17.7 Å². The Morgan fingerprint density at radius 3 is 2.51 bits per heavy atom. The van der Waals surface area contributed by atoms with Crippen LogP contribution < -0.4 is 4.72 Å². The summed E-state index contributed by atoms with van der Waals surface area (Å²) >= 11 is 6.76. The summed E-state index contributed by atoms with van der Waals surface area (Å²) in [5.74, 6) is 1.04. The van der Waals surface area contributed by atoms with Gasteiger partial charge in [0.1, 0.15) is 11.4 Å². The van der Waals surface area contributed by atoms with Crippen LogP contribution in [-0.4, -0.2) is 35.8 Å². The summed E-state index contributed by atoms with van der Waals surface area (Å²) in [5.41, 5.74) is 2.54. The molecule has 0 atom stereocenters. The molecule has 1 fully saturated rings. The van der Waals surface area contributed by atoms with Gasteiger partial charge in [-0.3, -0.25) is 14.7 Å². The lowest BCUT2D eigenvalue weighted by atomic mass is 9.98. The van der Waals surface area contributed by atoms with Gasteiger partial charge >= 0.3 is 0 Å². The summed E-state index contributed by atoms with van der Waals surface area (Å²) in [5, 5.41) is 4.23. The molecule has 1 saturated carbocycles. The number of nitrogens with zero attached hydrogens (tertiary/aromatic N) is 3. The zero-order valence-corrected chi connectivity index (χ0v) is 24.0. The molecule has 1 N–H and O–H groups in total. The van der Waals surface area contributed by atoms with Crippen LogP contribution in [0.4, 0.5) is 5.88 Å². The number of sulfonamides is 1. The summed E-state index contributed by atoms with van der Waals surface area (Å²) in [7, 11) is -3.99. The Kier molecular flexibility index (Phi) is 7.57. The summed E-state index contributed by atoms with van der Waals surface area (Å²) in [6.45, 7) is 6.00. The average molecular weight is 569 g/mol. The predicted octanol–water partition coefficient (Wildman–Crippen LogP) is 6.66. The summed E-state index contributed by atoms with van der Waals surface area (Å²) in [6.07, 6.45) is 6.45.